The zero-order valence-electron chi connectivity index (χ0n) is 10.7. The predicted octanol–water partition coefficient (Wildman–Crippen LogP) is 2.83. The van der Waals surface area contributed by atoms with Crippen molar-refractivity contribution in [2.45, 2.75) is 19.8 Å². The smallest absolute Gasteiger partial charge is 0.254 e. The molecule has 104 valence electrons. The molecule has 19 heavy (non-hydrogen) atoms. The van der Waals surface area contributed by atoms with Gasteiger partial charge in [-0.3, -0.25) is 9.59 Å². The fourth-order valence-electron chi connectivity index (χ4n) is 1.60. The highest BCUT2D eigenvalue weighted by Gasteiger charge is 2.17. The van der Waals surface area contributed by atoms with Crippen molar-refractivity contribution in [3.63, 3.8) is 0 Å². The van der Waals surface area contributed by atoms with Gasteiger partial charge >= 0.3 is 0 Å². The van der Waals surface area contributed by atoms with Crippen LogP contribution in [0.5, 0.6) is 0 Å². The van der Waals surface area contributed by atoms with Crippen molar-refractivity contribution < 1.29 is 9.59 Å². The third kappa shape index (κ3) is 4.84. The van der Waals surface area contributed by atoms with E-state index in [-0.39, 0.29) is 12.5 Å². The Kier molecular flexibility index (Phi) is 6.31. The molecule has 0 saturated heterocycles. The number of hydrogen-bond donors (Lipinski definition) is 1. The van der Waals surface area contributed by atoms with Gasteiger partial charge in [0.25, 0.3) is 5.91 Å². The molecule has 0 bridgehead atoms. The summed E-state index contributed by atoms with van der Waals surface area (Å²) < 4.78 is 0.648. The Labute approximate surface area is 126 Å². The van der Waals surface area contributed by atoms with Crippen LogP contribution in [0.25, 0.3) is 0 Å². The van der Waals surface area contributed by atoms with Crippen LogP contribution in [0.4, 0.5) is 0 Å². The number of benzene rings is 1. The molecule has 0 aromatic heterocycles. The molecule has 0 saturated carbocycles. The van der Waals surface area contributed by atoms with E-state index in [0.717, 1.165) is 12.8 Å². The van der Waals surface area contributed by atoms with E-state index in [4.69, 9.17) is 17.3 Å². The summed E-state index contributed by atoms with van der Waals surface area (Å²) in [5.74, 6) is -0.734. The van der Waals surface area contributed by atoms with Crippen LogP contribution in [-0.4, -0.2) is 29.8 Å². The van der Waals surface area contributed by atoms with E-state index < -0.39 is 5.91 Å². The monoisotopic (exact) mass is 346 g/mol. The second-order valence-corrected chi connectivity index (χ2v) is 5.44. The summed E-state index contributed by atoms with van der Waals surface area (Å²) in [6.45, 7) is 2.46. The average Bonchev–Trinajstić information content (AvgIpc) is 2.36. The molecule has 0 spiro atoms. The van der Waals surface area contributed by atoms with E-state index in [1.54, 1.807) is 18.2 Å². The molecule has 0 unspecified atom stereocenters. The van der Waals surface area contributed by atoms with E-state index in [0.29, 0.717) is 21.6 Å². The largest absolute Gasteiger partial charge is 0.368 e. The number of unbranched alkanes of at least 4 members (excludes halogenated alkanes) is 1. The Balaban J connectivity index is 2.90. The molecular weight excluding hydrogens is 332 g/mol. The molecule has 1 rings (SSSR count). The number of primary amides is 1. The van der Waals surface area contributed by atoms with Gasteiger partial charge in [-0.15, -0.1) is 0 Å². The number of carbonyl (C=O) groups is 2. The number of amides is 2. The van der Waals surface area contributed by atoms with E-state index in [2.05, 4.69) is 15.9 Å². The van der Waals surface area contributed by atoms with E-state index in [1.807, 2.05) is 6.92 Å². The van der Waals surface area contributed by atoms with Crippen LogP contribution >= 0.6 is 27.5 Å². The molecule has 0 aliphatic carbocycles. The summed E-state index contributed by atoms with van der Waals surface area (Å²) in [5, 5.41) is 0.534. The summed E-state index contributed by atoms with van der Waals surface area (Å²) in [6.07, 6.45) is 1.76. The molecule has 2 amide bonds. The summed E-state index contributed by atoms with van der Waals surface area (Å²) in [5.41, 5.74) is 5.65. The van der Waals surface area contributed by atoms with Crippen LogP contribution < -0.4 is 5.73 Å². The topological polar surface area (TPSA) is 63.4 Å². The van der Waals surface area contributed by atoms with Gasteiger partial charge in [0.05, 0.1) is 11.6 Å². The van der Waals surface area contributed by atoms with Crippen molar-refractivity contribution in [3.05, 3.63) is 33.3 Å². The molecule has 0 aliphatic rings. The van der Waals surface area contributed by atoms with Crippen LogP contribution in [0, 0.1) is 0 Å². The standard InChI is InChI=1S/C13H16BrClN2O2/c1-2-3-6-17(8-12(16)18)13(19)9-4-5-11(15)10(14)7-9/h4-5,7H,2-3,6,8H2,1H3,(H2,16,18). The molecule has 6 heteroatoms. The van der Waals surface area contributed by atoms with Crippen molar-refractivity contribution in [2.75, 3.05) is 13.1 Å². The number of hydrogen-bond acceptors (Lipinski definition) is 2. The van der Waals surface area contributed by atoms with Gasteiger partial charge < -0.3 is 10.6 Å². The van der Waals surface area contributed by atoms with Crippen molar-refractivity contribution in [1.29, 1.82) is 0 Å². The number of carbonyl (C=O) groups excluding carboxylic acids is 2. The van der Waals surface area contributed by atoms with Crippen LogP contribution in [0.3, 0.4) is 0 Å². The lowest BCUT2D eigenvalue weighted by molar-refractivity contribution is -0.118. The van der Waals surface area contributed by atoms with E-state index in [9.17, 15) is 9.59 Å². The average molecular weight is 348 g/mol. The minimum absolute atomic E-state index is 0.0704. The molecule has 0 radical (unpaired) electrons. The number of halogens is 2. The summed E-state index contributed by atoms with van der Waals surface area (Å²) >= 11 is 9.16. The minimum Gasteiger partial charge on any atom is -0.368 e. The molecule has 2 N–H and O–H groups in total. The van der Waals surface area contributed by atoms with Gasteiger partial charge in [0, 0.05) is 16.6 Å². The molecule has 4 nitrogen and oxygen atoms in total. The zero-order chi connectivity index (χ0) is 14.4. The zero-order valence-corrected chi connectivity index (χ0v) is 13.0. The third-order valence-corrected chi connectivity index (χ3v) is 3.80. The molecule has 0 atom stereocenters. The van der Waals surface area contributed by atoms with Gasteiger partial charge in [0.1, 0.15) is 0 Å². The van der Waals surface area contributed by atoms with Crippen molar-refractivity contribution in [1.82, 2.24) is 4.90 Å². The number of rotatable bonds is 6. The van der Waals surface area contributed by atoms with Gasteiger partial charge in [0.2, 0.25) is 5.91 Å². The quantitative estimate of drug-likeness (QED) is 0.860. The Hall–Kier alpha value is -1.07. The second-order valence-electron chi connectivity index (χ2n) is 4.18. The maximum Gasteiger partial charge on any atom is 0.254 e. The van der Waals surface area contributed by atoms with Crippen molar-refractivity contribution in [3.8, 4) is 0 Å². The van der Waals surface area contributed by atoms with E-state index in [1.165, 1.54) is 4.90 Å². The first-order valence-electron chi connectivity index (χ1n) is 5.98. The molecule has 1 aromatic rings. The molecule has 0 aliphatic heterocycles. The van der Waals surface area contributed by atoms with Crippen molar-refractivity contribution >= 4 is 39.3 Å². The Morgan fingerprint density at radius 1 is 1.42 bits per heavy atom. The molecular formula is C13H16BrClN2O2. The highest BCUT2D eigenvalue weighted by Crippen LogP contribution is 2.23. The highest BCUT2D eigenvalue weighted by molar-refractivity contribution is 9.10. The fraction of sp³-hybridized carbons (Fsp3) is 0.385. The van der Waals surface area contributed by atoms with Crippen LogP contribution in [0.15, 0.2) is 22.7 Å². The summed E-state index contributed by atoms with van der Waals surface area (Å²) in [7, 11) is 0. The Bertz CT molecular complexity index is 480. The Morgan fingerprint density at radius 3 is 2.63 bits per heavy atom. The van der Waals surface area contributed by atoms with Gasteiger partial charge in [-0.25, -0.2) is 0 Å². The number of nitrogens with zero attached hydrogens (tertiary/aromatic N) is 1. The van der Waals surface area contributed by atoms with Crippen LogP contribution in [0.2, 0.25) is 5.02 Å². The fourth-order valence-corrected chi connectivity index (χ4v) is 2.10. The van der Waals surface area contributed by atoms with Gasteiger partial charge in [-0.1, -0.05) is 24.9 Å². The molecule has 0 fully saturated rings. The maximum atomic E-state index is 12.3. The normalized spacial score (nSPS) is 10.3. The van der Waals surface area contributed by atoms with Gasteiger partial charge in [0.15, 0.2) is 0 Å². The lowest BCUT2D eigenvalue weighted by Crippen LogP contribution is -2.39. The molecule has 0 heterocycles. The summed E-state index contributed by atoms with van der Waals surface area (Å²) in [6, 6.07) is 4.92. The third-order valence-electron chi connectivity index (χ3n) is 2.58. The van der Waals surface area contributed by atoms with Gasteiger partial charge in [-0.05, 0) is 40.5 Å². The number of nitrogens with two attached hydrogens (primary N) is 1. The highest BCUT2D eigenvalue weighted by atomic mass is 79.9. The van der Waals surface area contributed by atoms with Gasteiger partial charge in [-0.2, -0.15) is 0 Å². The first-order chi connectivity index (χ1) is 8.95. The minimum atomic E-state index is -0.516. The Morgan fingerprint density at radius 2 is 2.11 bits per heavy atom. The maximum absolute atomic E-state index is 12.3. The van der Waals surface area contributed by atoms with Crippen LogP contribution in [-0.2, 0) is 4.79 Å². The molecule has 1 aromatic carbocycles. The summed E-state index contributed by atoms with van der Waals surface area (Å²) in [4.78, 5) is 24.8. The van der Waals surface area contributed by atoms with Crippen molar-refractivity contribution in [2.24, 2.45) is 5.73 Å². The first-order valence-corrected chi connectivity index (χ1v) is 7.15. The van der Waals surface area contributed by atoms with Crippen LogP contribution in [0.1, 0.15) is 30.1 Å². The SMILES string of the molecule is CCCCN(CC(N)=O)C(=O)c1ccc(Cl)c(Br)c1. The lowest BCUT2D eigenvalue weighted by atomic mass is 10.2. The second kappa shape index (κ2) is 7.50. The first kappa shape index (κ1) is 16.0. The predicted molar refractivity (Wildman–Crippen MR) is 79.2 cm³/mol. The lowest BCUT2D eigenvalue weighted by Gasteiger charge is -2.21. The van der Waals surface area contributed by atoms with E-state index >= 15 is 0 Å².